The number of rotatable bonds is 6. The van der Waals surface area contributed by atoms with Crippen molar-refractivity contribution in [2.24, 2.45) is 11.7 Å². The fraction of sp³-hybridized carbons (Fsp3) is 0.478. The number of carbonyl (C=O) groups is 1. The average molecular weight is 488 g/mol. The number of aromatic nitrogens is 4. The number of fused-ring (bicyclic) bond motifs is 1. The number of hydrogen-bond acceptors (Lipinski definition) is 6. The molecule has 4 N–H and O–H groups in total. The van der Waals surface area contributed by atoms with Crippen molar-refractivity contribution in [2.45, 2.75) is 63.5 Å². The zero-order valence-electron chi connectivity index (χ0n) is 18.2. The van der Waals surface area contributed by atoms with Crippen LogP contribution < -0.4 is 16.4 Å². The van der Waals surface area contributed by atoms with Crippen molar-refractivity contribution in [1.82, 2.24) is 19.5 Å². The molecule has 5 rings (SSSR count). The number of nitrogens with two attached hydrogens (primary N) is 1. The maximum Gasteiger partial charge on any atom is 0.224 e. The van der Waals surface area contributed by atoms with E-state index in [2.05, 4.69) is 20.2 Å². The molecule has 2 saturated carbocycles. The summed E-state index contributed by atoms with van der Waals surface area (Å²) < 4.78 is 2.12. The van der Waals surface area contributed by atoms with E-state index in [1.165, 1.54) is 12.8 Å². The van der Waals surface area contributed by atoms with E-state index in [4.69, 9.17) is 38.9 Å². The minimum atomic E-state index is -0.222. The molecule has 1 aromatic carbocycles. The maximum atomic E-state index is 11.7. The van der Waals surface area contributed by atoms with Crippen LogP contribution in [0.15, 0.2) is 24.4 Å². The number of amides is 1. The highest BCUT2D eigenvalue weighted by molar-refractivity contribution is 6.36. The third kappa shape index (κ3) is 4.73. The lowest BCUT2D eigenvalue weighted by Crippen LogP contribution is -2.28. The molecule has 0 atom stereocenters. The van der Waals surface area contributed by atoms with E-state index in [-0.39, 0.29) is 17.9 Å². The molecule has 0 spiro atoms. The van der Waals surface area contributed by atoms with Crippen molar-refractivity contribution < 1.29 is 4.79 Å². The molecule has 1 amide bonds. The second-order valence-electron chi connectivity index (χ2n) is 8.99. The van der Waals surface area contributed by atoms with Gasteiger partial charge in [-0.05, 0) is 56.7 Å². The summed E-state index contributed by atoms with van der Waals surface area (Å²) in [7, 11) is 0. The molecule has 8 nitrogen and oxygen atoms in total. The summed E-state index contributed by atoms with van der Waals surface area (Å²) in [6.07, 6.45) is 9.64. The molecule has 0 radical (unpaired) electrons. The van der Waals surface area contributed by atoms with E-state index in [1.807, 2.05) is 6.07 Å². The summed E-state index contributed by atoms with van der Waals surface area (Å²) in [5, 5.41) is 7.92. The monoisotopic (exact) mass is 487 g/mol. The van der Waals surface area contributed by atoms with Crippen molar-refractivity contribution >= 4 is 57.9 Å². The van der Waals surface area contributed by atoms with Gasteiger partial charge in [0.15, 0.2) is 5.65 Å². The van der Waals surface area contributed by atoms with Crippen LogP contribution in [0.3, 0.4) is 0 Å². The van der Waals surface area contributed by atoms with E-state index in [9.17, 15) is 4.79 Å². The Kier molecular flexibility index (Phi) is 6.29. The first-order chi connectivity index (χ1) is 16.0. The second-order valence-corrected chi connectivity index (χ2v) is 9.83. The largest absolute Gasteiger partial charge is 0.369 e. The lowest BCUT2D eigenvalue weighted by Gasteiger charge is -2.29. The predicted molar refractivity (Wildman–Crippen MR) is 131 cm³/mol. The fourth-order valence-corrected chi connectivity index (χ4v) is 5.43. The lowest BCUT2D eigenvalue weighted by molar-refractivity contribution is -0.122. The molecule has 2 aliphatic carbocycles. The number of imidazole rings is 1. The maximum absolute atomic E-state index is 11.7. The van der Waals surface area contributed by atoms with E-state index < -0.39 is 0 Å². The molecule has 2 fully saturated rings. The first-order valence-electron chi connectivity index (χ1n) is 11.5. The Morgan fingerprint density at radius 3 is 2.52 bits per heavy atom. The predicted octanol–water partition coefficient (Wildman–Crippen LogP) is 5.45. The van der Waals surface area contributed by atoms with Gasteiger partial charge < -0.3 is 16.4 Å². The number of nitrogens with one attached hydrogen (secondary N) is 2. The number of halogens is 2. The highest BCUT2D eigenvalue weighted by Crippen LogP contribution is 2.38. The minimum absolute atomic E-state index is 0.0765. The number of benzene rings is 1. The topological polar surface area (TPSA) is 111 Å². The van der Waals surface area contributed by atoms with Crippen LogP contribution >= 0.6 is 23.2 Å². The molecular weight excluding hydrogens is 461 g/mol. The average Bonchev–Trinajstić information content (AvgIpc) is 3.43. The summed E-state index contributed by atoms with van der Waals surface area (Å²) in [5.74, 6) is 0.967. The van der Waals surface area contributed by atoms with Gasteiger partial charge in [-0.3, -0.25) is 9.36 Å². The van der Waals surface area contributed by atoms with Gasteiger partial charge in [-0.15, -0.1) is 0 Å². The first-order valence-corrected chi connectivity index (χ1v) is 12.3. The molecule has 2 aliphatic rings. The van der Waals surface area contributed by atoms with Gasteiger partial charge >= 0.3 is 0 Å². The Morgan fingerprint density at radius 2 is 1.82 bits per heavy atom. The molecule has 3 aromatic rings. The number of primary amides is 1. The van der Waals surface area contributed by atoms with Gasteiger partial charge in [0.05, 0.1) is 16.9 Å². The molecule has 0 bridgehead atoms. The molecule has 0 unspecified atom stereocenters. The lowest BCUT2D eigenvalue weighted by atomic mass is 9.85. The van der Waals surface area contributed by atoms with E-state index in [1.54, 1.807) is 18.3 Å². The highest BCUT2D eigenvalue weighted by Gasteiger charge is 2.29. The van der Waals surface area contributed by atoms with Crippen LogP contribution in [-0.4, -0.2) is 31.5 Å². The second kappa shape index (κ2) is 9.35. The molecule has 33 heavy (non-hydrogen) atoms. The normalized spacial score (nSPS) is 21.4. The quantitative estimate of drug-likeness (QED) is 0.426. The SMILES string of the molecule is NC(=O)[C@H]1CC[C@H](n2c(Nc3ccc(Cl)cc3Cl)nc3cnc(NC4CCCC4)nc32)CC1. The van der Waals surface area contributed by atoms with Crippen molar-refractivity contribution in [3.8, 4) is 0 Å². The summed E-state index contributed by atoms with van der Waals surface area (Å²) in [5.41, 5.74) is 7.73. The zero-order chi connectivity index (χ0) is 22.9. The van der Waals surface area contributed by atoms with Gasteiger partial charge in [-0.25, -0.2) is 9.97 Å². The van der Waals surface area contributed by atoms with E-state index in [0.717, 1.165) is 44.2 Å². The number of anilines is 3. The van der Waals surface area contributed by atoms with Gasteiger partial charge in [-0.1, -0.05) is 36.0 Å². The molecule has 2 aromatic heterocycles. The van der Waals surface area contributed by atoms with Crippen LogP contribution in [0.5, 0.6) is 0 Å². The van der Waals surface area contributed by atoms with Crippen LogP contribution in [0, 0.1) is 5.92 Å². The Labute approximate surface area is 202 Å². The Bertz CT molecular complexity index is 1170. The van der Waals surface area contributed by atoms with Crippen molar-refractivity contribution in [3.05, 3.63) is 34.4 Å². The molecule has 0 saturated heterocycles. The fourth-order valence-electron chi connectivity index (χ4n) is 4.98. The summed E-state index contributed by atoms with van der Waals surface area (Å²) >= 11 is 12.5. The molecule has 174 valence electrons. The van der Waals surface area contributed by atoms with Crippen LogP contribution in [0.1, 0.15) is 57.4 Å². The van der Waals surface area contributed by atoms with E-state index in [0.29, 0.717) is 39.2 Å². The summed E-state index contributed by atoms with van der Waals surface area (Å²) in [6.45, 7) is 0. The van der Waals surface area contributed by atoms with E-state index >= 15 is 0 Å². The van der Waals surface area contributed by atoms with Gasteiger partial charge in [0.25, 0.3) is 0 Å². The van der Waals surface area contributed by atoms with Crippen molar-refractivity contribution in [1.29, 1.82) is 0 Å². The number of carbonyl (C=O) groups excluding carboxylic acids is 1. The Balaban J connectivity index is 1.51. The highest BCUT2D eigenvalue weighted by atomic mass is 35.5. The van der Waals surface area contributed by atoms with Crippen LogP contribution in [-0.2, 0) is 4.79 Å². The van der Waals surface area contributed by atoms with Gasteiger partial charge in [0.1, 0.15) is 5.52 Å². The first kappa shape index (κ1) is 22.2. The summed E-state index contributed by atoms with van der Waals surface area (Å²) in [4.78, 5) is 25.8. The minimum Gasteiger partial charge on any atom is -0.369 e. The molecule has 0 aliphatic heterocycles. The Hall–Kier alpha value is -2.58. The molecule has 10 heteroatoms. The third-order valence-corrected chi connectivity index (χ3v) is 7.31. The smallest absolute Gasteiger partial charge is 0.224 e. The summed E-state index contributed by atoms with van der Waals surface area (Å²) in [6, 6.07) is 5.85. The van der Waals surface area contributed by atoms with Gasteiger partial charge in [-0.2, -0.15) is 4.98 Å². The number of hydrogen-bond donors (Lipinski definition) is 3. The molecular formula is C23H27Cl2N7O. The standard InChI is InChI=1S/C23H27Cl2N7O/c24-14-7-10-18(17(25)11-14)29-23-30-19-12-27-22(28-15-3-1-2-4-15)31-21(19)32(23)16-8-5-13(6-9-16)20(26)33/h7,10-13,15-16H,1-6,8-9H2,(H2,26,33)(H,29,30)(H,27,28,31)/t13-,16-. The van der Waals surface area contributed by atoms with Crippen LogP contribution in [0.4, 0.5) is 17.6 Å². The Morgan fingerprint density at radius 1 is 1.06 bits per heavy atom. The zero-order valence-corrected chi connectivity index (χ0v) is 19.7. The van der Waals surface area contributed by atoms with Gasteiger partial charge in [0.2, 0.25) is 17.8 Å². The van der Waals surface area contributed by atoms with Crippen molar-refractivity contribution in [3.63, 3.8) is 0 Å². The molecule has 2 heterocycles. The van der Waals surface area contributed by atoms with Crippen LogP contribution in [0.25, 0.3) is 11.2 Å². The van der Waals surface area contributed by atoms with Crippen molar-refractivity contribution in [2.75, 3.05) is 10.6 Å². The third-order valence-electron chi connectivity index (χ3n) is 6.76. The number of nitrogens with zero attached hydrogens (tertiary/aromatic N) is 4. The van der Waals surface area contributed by atoms with Gasteiger partial charge in [0, 0.05) is 23.0 Å². The van der Waals surface area contributed by atoms with Crippen LogP contribution in [0.2, 0.25) is 10.0 Å².